The van der Waals surface area contributed by atoms with Gasteiger partial charge in [0.05, 0.1) is 36.3 Å². The number of amides is 1. The van der Waals surface area contributed by atoms with Gasteiger partial charge < -0.3 is 9.47 Å². The van der Waals surface area contributed by atoms with Crippen molar-refractivity contribution < 1.29 is 19.1 Å². The van der Waals surface area contributed by atoms with Crippen molar-refractivity contribution in [1.29, 1.82) is 0 Å². The van der Waals surface area contributed by atoms with Gasteiger partial charge >= 0.3 is 5.97 Å². The molecule has 0 spiro atoms. The van der Waals surface area contributed by atoms with Crippen LogP contribution in [0.1, 0.15) is 32.4 Å². The van der Waals surface area contributed by atoms with E-state index in [-0.39, 0.29) is 12.0 Å². The van der Waals surface area contributed by atoms with Crippen LogP contribution in [-0.2, 0) is 14.3 Å². The first-order valence-electron chi connectivity index (χ1n) is 8.01. The van der Waals surface area contributed by atoms with E-state index >= 15 is 0 Å². The molecule has 3 rings (SSSR count). The number of hydrogen-bond donors (Lipinski definition) is 0. The Labute approximate surface area is 150 Å². The summed E-state index contributed by atoms with van der Waals surface area (Å²) in [4.78, 5) is 31.2. The molecule has 7 heteroatoms. The van der Waals surface area contributed by atoms with Crippen LogP contribution in [-0.4, -0.2) is 40.9 Å². The van der Waals surface area contributed by atoms with Crippen molar-refractivity contribution in [3.8, 4) is 5.75 Å². The Bertz CT molecular complexity index is 785. The molecule has 6 nitrogen and oxygen atoms in total. The molecule has 2 aliphatic rings. The number of allylic oxidation sites excluding steroid dienone is 1. The van der Waals surface area contributed by atoms with E-state index in [0.717, 1.165) is 5.56 Å². The lowest BCUT2D eigenvalue weighted by Crippen LogP contribution is -2.40. The molecule has 0 unspecified atom stereocenters. The quantitative estimate of drug-likeness (QED) is 0.772. The summed E-state index contributed by atoms with van der Waals surface area (Å²) in [7, 11) is 1.58. The lowest BCUT2D eigenvalue weighted by atomic mass is 9.94. The maximum atomic E-state index is 12.7. The molecule has 1 saturated heterocycles. The molecule has 1 aromatic rings. The molecular weight excluding hydrogens is 340 g/mol. The molecule has 1 amide bonds. The third-order valence-electron chi connectivity index (χ3n) is 3.96. The van der Waals surface area contributed by atoms with Crippen molar-refractivity contribution in [3.63, 3.8) is 0 Å². The molecule has 0 radical (unpaired) electrons. The van der Waals surface area contributed by atoms with Gasteiger partial charge in [-0.25, -0.2) is 9.79 Å². The zero-order chi connectivity index (χ0) is 18.1. The Morgan fingerprint density at radius 3 is 2.84 bits per heavy atom. The Morgan fingerprint density at radius 1 is 1.40 bits per heavy atom. The van der Waals surface area contributed by atoms with Gasteiger partial charge in [-0.15, -0.1) is 0 Å². The number of nitrogens with zero attached hydrogens (tertiary/aromatic N) is 2. The van der Waals surface area contributed by atoms with E-state index in [4.69, 9.17) is 9.47 Å². The second-order valence-corrected chi connectivity index (χ2v) is 7.02. The summed E-state index contributed by atoms with van der Waals surface area (Å²) in [5, 5.41) is 0.622. The van der Waals surface area contributed by atoms with E-state index in [1.54, 1.807) is 32.8 Å². The van der Waals surface area contributed by atoms with E-state index in [1.165, 1.54) is 11.8 Å². The number of thioether (sulfide) groups is 1. The van der Waals surface area contributed by atoms with Gasteiger partial charge in [-0.2, -0.15) is 0 Å². The first-order chi connectivity index (χ1) is 11.9. The topological polar surface area (TPSA) is 68.2 Å². The van der Waals surface area contributed by atoms with Gasteiger partial charge in [0, 0.05) is 0 Å². The number of hydrogen-bond acceptors (Lipinski definition) is 6. The number of carbonyl (C=O) groups is 2. The molecule has 0 aromatic heterocycles. The van der Waals surface area contributed by atoms with Crippen LogP contribution in [0, 0.1) is 0 Å². The molecule has 2 aliphatic heterocycles. The lowest BCUT2D eigenvalue weighted by molar-refractivity contribution is -0.143. The van der Waals surface area contributed by atoms with Gasteiger partial charge in [0.2, 0.25) is 5.91 Å². The highest BCUT2D eigenvalue weighted by Gasteiger charge is 2.43. The van der Waals surface area contributed by atoms with E-state index < -0.39 is 12.0 Å². The van der Waals surface area contributed by atoms with E-state index in [0.29, 0.717) is 27.9 Å². The molecule has 0 bridgehead atoms. The number of amidine groups is 1. The van der Waals surface area contributed by atoms with Crippen LogP contribution in [0.5, 0.6) is 5.75 Å². The van der Waals surface area contributed by atoms with E-state index in [1.807, 2.05) is 24.3 Å². The number of aliphatic imine (C=N–C) groups is 1. The zero-order valence-corrected chi connectivity index (χ0v) is 15.4. The second-order valence-electron chi connectivity index (χ2n) is 6.08. The van der Waals surface area contributed by atoms with Crippen molar-refractivity contribution in [2.24, 2.45) is 4.99 Å². The average Bonchev–Trinajstić information content (AvgIpc) is 2.93. The standard InChI is InChI=1S/C18H20N2O4S/c1-10(2)24-17(22)15-11(3)19-18-20(14(21)9-25-18)16(15)12-6-5-7-13(8-12)23-4/h5-8,10,16H,9H2,1-4H3/t16-/m1/s1. The molecule has 1 aromatic carbocycles. The summed E-state index contributed by atoms with van der Waals surface area (Å²) in [6.45, 7) is 5.36. The fourth-order valence-electron chi connectivity index (χ4n) is 2.91. The summed E-state index contributed by atoms with van der Waals surface area (Å²) < 4.78 is 10.7. The largest absolute Gasteiger partial charge is 0.497 e. The van der Waals surface area contributed by atoms with Crippen LogP contribution >= 0.6 is 11.8 Å². The van der Waals surface area contributed by atoms with Gasteiger partial charge in [0.15, 0.2) is 5.17 Å². The summed E-state index contributed by atoms with van der Waals surface area (Å²) in [5.41, 5.74) is 1.76. The smallest absolute Gasteiger partial charge is 0.338 e. The van der Waals surface area contributed by atoms with Crippen molar-refractivity contribution in [3.05, 3.63) is 41.1 Å². The highest BCUT2D eigenvalue weighted by Crippen LogP contribution is 2.41. The SMILES string of the molecule is COc1cccc([C@@H]2C(C(=O)OC(C)C)=C(C)N=C3SCC(=O)N32)c1. The van der Waals surface area contributed by atoms with Crippen molar-refractivity contribution in [1.82, 2.24) is 4.90 Å². The number of rotatable bonds is 4. The van der Waals surface area contributed by atoms with Crippen LogP contribution in [0.15, 0.2) is 40.5 Å². The summed E-state index contributed by atoms with van der Waals surface area (Å²) in [6.07, 6.45) is -0.257. The first-order valence-corrected chi connectivity index (χ1v) is 9.00. The van der Waals surface area contributed by atoms with Crippen LogP contribution in [0.2, 0.25) is 0 Å². The van der Waals surface area contributed by atoms with Crippen LogP contribution in [0.4, 0.5) is 0 Å². The van der Waals surface area contributed by atoms with Gasteiger partial charge in [-0.05, 0) is 38.5 Å². The Hall–Kier alpha value is -2.28. The molecule has 0 N–H and O–H groups in total. The minimum Gasteiger partial charge on any atom is -0.497 e. The zero-order valence-electron chi connectivity index (χ0n) is 14.6. The number of benzene rings is 1. The molecule has 2 heterocycles. The normalized spacial score (nSPS) is 19.9. The van der Waals surface area contributed by atoms with Crippen LogP contribution in [0.3, 0.4) is 0 Å². The monoisotopic (exact) mass is 360 g/mol. The second kappa shape index (κ2) is 6.92. The van der Waals surface area contributed by atoms with Gasteiger partial charge in [0.1, 0.15) is 5.75 Å². The van der Waals surface area contributed by atoms with Crippen LogP contribution < -0.4 is 4.74 Å². The summed E-state index contributed by atoms with van der Waals surface area (Å²) in [5.74, 6) is 0.459. The number of methoxy groups -OCH3 is 1. The molecule has 0 saturated carbocycles. The fraction of sp³-hybridized carbons (Fsp3) is 0.389. The maximum Gasteiger partial charge on any atom is 0.338 e. The summed E-state index contributed by atoms with van der Waals surface area (Å²) >= 11 is 1.38. The van der Waals surface area contributed by atoms with Gasteiger partial charge in [-0.1, -0.05) is 23.9 Å². The number of esters is 1. The number of ether oxygens (including phenoxy) is 2. The van der Waals surface area contributed by atoms with E-state index in [2.05, 4.69) is 4.99 Å². The Kier molecular flexibility index (Phi) is 4.85. The minimum atomic E-state index is -0.559. The summed E-state index contributed by atoms with van der Waals surface area (Å²) in [6, 6.07) is 6.82. The van der Waals surface area contributed by atoms with Gasteiger partial charge in [0.25, 0.3) is 0 Å². The molecule has 1 fully saturated rings. The molecule has 132 valence electrons. The predicted molar refractivity (Wildman–Crippen MR) is 96.4 cm³/mol. The van der Waals surface area contributed by atoms with Crippen molar-refractivity contribution >= 4 is 28.8 Å². The number of carbonyl (C=O) groups excluding carboxylic acids is 2. The number of fused-ring (bicyclic) bond motifs is 1. The minimum absolute atomic E-state index is 0.0704. The molecule has 1 atom stereocenters. The van der Waals surface area contributed by atoms with Crippen molar-refractivity contribution in [2.45, 2.75) is 32.9 Å². The highest BCUT2D eigenvalue weighted by molar-refractivity contribution is 8.15. The van der Waals surface area contributed by atoms with Crippen LogP contribution in [0.25, 0.3) is 0 Å². The molecular formula is C18H20N2O4S. The average molecular weight is 360 g/mol. The first kappa shape index (κ1) is 17.5. The Morgan fingerprint density at radius 2 is 2.16 bits per heavy atom. The molecule has 25 heavy (non-hydrogen) atoms. The lowest BCUT2D eigenvalue weighted by Gasteiger charge is -2.33. The fourth-order valence-corrected chi connectivity index (χ4v) is 3.85. The third kappa shape index (κ3) is 3.28. The van der Waals surface area contributed by atoms with E-state index in [9.17, 15) is 9.59 Å². The Balaban J connectivity index is 2.12. The maximum absolute atomic E-state index is 12.7. The third-order valence-corrected chi connectivity index (χ3v) is 4.89. The highest BCUT2D eigenvalue weighted by atomic mass is 32.2. The van der Waals surface area contributed by atoms with Gasteiger partial charge in [-0.3, -0.25) is 9.69 Å². The predicted octanol–water partition coefficient (Wildman–Crippen LogP) is 2.91. The molecule has 0 aliphatic carbocycles. The van der Waals surface area contributed by atoms with Crippen molar-refractivity contribution in [2.75, 3.05) is 12.9 Å².